The largest absolute Gasteiger partial charge is 0.488 e. The number of carbonyl (C=O) groups is 1. The predicted molar refractivity (Wildman–Crippen MR) is 99.2 cm³/mol. The molecule has 1 atom stereocenters. The van der Waals surface area contributed by atoms with Crippen LogP contribution in [-0.4, -0.2) is 64.2 Å². The second-order valence-electron chi connectivity index (χ2n) is 7.36. The van der Waals surface area contributed by atoms with Gasteiger partial charge in [0.2, 0.25) is 0 Å². The number of amides is 1. The van der Waals surface area contributed by atoms with Crippen LogP contribution in [0.4, 0.5) is 0 Å². The van der Waals surface area contributed by atoms with Crippen LogP contribution in [0.25, 0.3) is 0 Å². The van der Waals surface area contributed by atoms with Crippen LogP contribution < -0.4 is 4.74 Å². The molecule has 140 valence electrons. The number of hydrogen-bond acceptors (Lipinski definition) is 5. The van der Waals surface area contributed by atoms with Crippen molar-refractivity contribution in [2.75, 3.05) is 27.2 Å². The van der Waals surface area contributed by atoms with Gasteiger partial charge in [0.05, 0.1) is 12.2 Å². The highest BCUT2D eigenvalue weighted by atomic mass is 16.5. The Bertz CT molecular complexity index is 756. The van der Waals surface area contributed by atoms with E-state index in [2.05, 4.69) is 33.9 Å². The van der Waals surface area contributed by atoms with Gasteiger partial charge < -0.3 is 14.5 Å². The molecule has 26 heavy (non-hydrogen) atoms. The SMILES string of the molecule is CC(C)c1cc(C(=O)N2CCC(Oc3ccnc(CN(C)C)c3)C2)n[nH]1. The second kappa shape index (κ2) is 7.86. The summed E-state index contributed by atoms with van der Waals surface area (Å²) in [4.78, 5) is 20.9. The number of nitrogens with zero attached hydrogens (tertiary/aromatic N) is 4. The van der Waals surface area contributed by atoms with E-state index in [1.54, 1.807) is 6.20 Å². The summed E-state index contributed by atoms with van der Waals surface area (Å²) in [6.45, 7) is 6.17. The van der Waals surface area contributed by atoms with Crippen molar-refractivity contribution in [2.24, 2.45) is 0 Å². The van der Waals surface area contributed by atoms with Crippen LogP contribution in [0.3, 0.4) is 0 Å². The fourth-order valence-electron chi connectivity index (χ4n) is 3.05. The minimum absolute atomic E-state index is 0.00272. The van der Waals surface area contributed by atoms with Crippen molar-refractivity contribution in [3.05, 3.63) is 41.5 Å². The monoisotopic (exact) mass is 357 g/mol. The number of likely N-dealkylation sites (tertiary alicyclic amines) is 1. The lowest BCUT2D eigenvalue weighted by molar-refractivity contribution is 0.0766. The van der Waals surface area contributed by atoms with E-state index < -0.39 is 0 Å². The molecule has 0 saturated carbocycles. The van der Waals surface area contributed by atoms with E-state index in [1.165, 1.54) is 0 Å². The Morgan fingerprint density at radius 2 is 2.23 bits per heavy atom. The molecule has 1 fully saturated rings. The smallest absolute Gasteiger partial charge is 0.274 e. The number of rotatable bonds is 6. The van der Waals surface area contributed by atoms with Gasteiger partial charge in [-0.05, 0) is 32.1 Å². The quantitative estimate of drug-likeness (QED) is 0.858. The summed E-state index contributed by atoms with van der Waals surface area (Å²) in [5.74, 6) is 1.09. The Hall–Kier alpha value is -2.41. The molecule has 2 aromatic heterocycles. The van der Waals surface area contributed by atoms with E-state index in [4.69, 9.17) is 4.74 Å². The van der Waals surface area contributed by atoms with E-state index in [0.717, 1.165) is 30.1 Å². The average molecular weight is 357 g/mol. The number of nitrogens with one attached hydrogen (secondary N) is 1. The molecule has 7 nitrogen and oxygen atoms in total. The molecule has 1 aliphatic rings. The van der Waals surface area contributed by atoms with Crippen molar-refractivity contribution >= 4 is 5.91 Å². The molecule has 0 bridgehead atoms. The molecule has 1 unspecified atom stereocenters. The van der Waals surface area contributed by atoms with Crippen LogP contribution in [0.1, 0.15) is 48.1 Å². The zero-order valence-electron chi connectivity index (χ0n) is 15.9. The molecule has 0 aliphatic carbocycles. The first kappa shape index (κ1) is 18.4. The molecule has 2 aromatic rings. The van der Waals surface area contributed by atoms with E-state index >= 15 is 0 Å². The van der Waals surface area contributed by atoms with E-state index in [-0.39, 0.29) is 12.0 Å². The van der Waals surface area contributed by atoms with Crippen LogP contribution in [-0.2, 0) is 6.54 Å². The fourth-order valence-corrected chi connectivity index (χ4v) is 3.05. The van der Waals surface area contributed by atoms with Gasteiger partial charge in [0.1, 0.15) is 17.5 Å². The van der Waals surface area contributed by atoms with Crippen molar-refractivity contribution < 1.29 is 9.53 Å². The van der Waals surface area contributed by atoms with Crippen molar-refractivity contribution in [3.8, 4) is 5.75 Å². The lowest BCUT2D eigenvalue weighted by atomic mass is 10.1. The van der Waals surface area contributed by atoms with Crippen molar-refractivity contribution in [1.29, 1.82) is 0 Å². The van der Waals surface area contributed by atoms with E-state index in [0.29, 0.717) is 24.7 Å². The van der Waals surface area contributed by atoms with Crippen molar-refractivity contribution in [3.63, 3.8) is 0 Å². The third-order valence-corrected chi connectivity index (χ3v) is 4.44. The van der Waals surface area contributed by atoms with Crippen LogP contribution in [0, 0.1) is 0 Å². The number of ether oxygens (including phenoxy) is 1. The highest BCUT2D eigenvalue weighted by Gasteiger charge is 2.29. The van der Waals surface area contributed by atoms with Gasteiger partial charge in [-0.1, -0.05) is 13.8 Å². The Morgan fingerprint density at radius 3 is 2.92 bits per heavy atom. The first-order valence-electron chi connectivity index (χ1n) is 9.03. The molecule has 0 spiro atoms. The molecule has 1 aliphatic heterocycles. The Morgan fingerprint density at radius 1 is 1.42 bits per heavy atom. The molecule has 3 heterocycles. The summed E-state index contributed by atoms with van der Waals surface area (Å²) < 4.78 is 6.08. The molecular formula is C19H27N5O2. The fraction of sp³-hybridized carbons (Fsp3) is 0.526. The van der Waals surface area contributed by atoms with Gasteiger partial charge in [0.25, 0.3) is 5.91 Å². The summed E-state index contributed by atoms with van der Waals surface area (Å²) in [6.07, 6.45) is 2.58. The lowest BCUT2D eigenvalue weighted by Gasteiger charge is -2.17. The number of aromatic amines is 1. The lowest BCUT2D eigenvalue weighted by Crippen LogP contribution is -2.31. The number of H-pyrrole nitrogens is 1. The third-order valence-electron chi connectivity index (χ3n) is 4.44. The predicted octanol–water partition coefficient (Wildman–Crippen LogP) is 2.28. The van der Waals surface area contributed by atoms with Gasteiger partial charge in [-0.2, -0.15) is 5.10 Å². The van der Waals surface area contributed by atoms with E-state index in [9.17, 15) is 4.79 Å². The van der Waals surface area contributed by atoms with Gasteiger partial charge in [-0.3, -0.25) is 14.9 Å². The van der Waals surface area contributed by atoms with Crippen LogP contribution in [0.2, 0.25) is 0 Å². The molecule has 1 amide bonds. The minimum Gasteiger partial charge on any atom is -0.488 e. The Balaban J connectivity index is 1.59. The van der Waals surface area contributed by atoms with Gasteiger partial charge in [-0.15, -0.1) is 0 Å². The zero-order valence-corrected chi connectivity index (χ0v) is 15.9. The first-order chi connectivity index (χ1) is 12.4. The van der Waals surface area contributed by atoms with Crippen molar-refractivity contribution in [2.45, 2.75) is 38.8 Å². The topological polar surface area (TPSA) is 74.4 Å². The Kier molecular flexibility index (Phi) is 5.56. The minimum atomic E-state index is -0.0396. The summed E-state index contributed by atoms with van der Waals surface area (Å²) in [5.41, 5.74) is 2.42. The molecule has 1 N–H and O–H groups in total. The first-order valence-corrected chi connectivity index (χ1v) is 9.03. The molecule has 3 rings (SSSR count). The van der Waals surface area contributed by atoms with Gasteiger partial charge >= 0.3 is 0 Å². The maximum absolute atomic E-state index is 12.6. The average Bonchev–Trinajstić information content (AvgIpc) is 3.23. The van der Waals surface area contributed by atoms with E-state index in [1.807, 2.05) is 37.2 Å². The zero-order chi connectivity index (χ0) is 18.7. The molecule has 7 heteroatoms. The molecule has 1 saturated heterocycles. The third kappa shape index (κ3) is 4.40. The summed E-state index contributed by atoms with van der Waals surface area (Å²) in [5, 5.41) is 7.10. The Labute approximate surface area is 154 Å². The molecular weight excluding hydrogens is 330 g/mol. The highest BCUT2D eigenvalue weighted by molar-refractivity contribution is 5.92. The maximum atomic E-state index is 12.6. The molecule has 0 radical (unpaired) electrons. The second-order valence-corrected chi connectivity index (χ2v) is 7.36. The van der Waals surface area contributed by atoms with Crippen LogP contribution in [0.5, 0.6) is 5.75 Å². The number of carbonyl (C=O) groups excluding carboxylic acids is 1. The van der Waals surface area contributed by atoms with Gasteiger partial charge in [-0.25, -0.2) is 0 Å². The summed E-state index contributed by atoms with van der Waals surface area (Å²) in [6, 6.07) is 5.68. The number of hydrogen-bond donors (Lipinski definition) is 1. The molecule has 0 aromatic carbocycles. The summed E-state index contributed by atoms with van der Waals surface area (Å²) >= 11 is 0. The highest BCUT2D eigenvalue weighted by Crippen LogP contribution is 2.21. The van der Waals surface area contributed by atoms with Crippen LogP contribution in [0.15, 0.2) is 24.4 Å². The normalized spacial score (nSPS) is 17.3. The van der Waals surface area contributed by atoms with Gasteiger partial charge in [0.15, 0.2) is 0 Å². The maximum Gasteiger partial charge on any atom is 0.274 e. The standard InChI is InChI=1S/C19H27N5O2/c1-13(2)17-10-18(22-21-17)19(25)24-8-6-16(12-24)26-15-5-7-20-14(9-15)11-23(3)4/h5,7,9-10,13,16H,6,8,11-12H2,1-4H3,(H,21,22). The van der Waals surface area contributed by atoms with Crippen LogP contribution >= 0.6 is 0 Å². The van der Waals surface area contributed by atoms with Gasteiger partial charge in [0, 0.05) is 37.5 Å². The van der Waals surface area contributed by atoms with Crippen molar-refractivity contribution in [1.82, 2.24) is 25.0 Å². The number of pyridine rings is 1. The number of aromatic nitrogens is 3. The summed E-state index contributed by atoms with van der Waals surface area (Å²) in [7, 11) is 4.02.